The lowest BCUT2D eigenvalue weighted by Crippen LogP contribution is -2.48. The Kier molecular flexibility index (Phi) is 5.45. The second-order valence-corrected chi connectivity index (χ2v) is 8.16. The predicted octanol–water partition coefficient (Wildman–Crippen LogP) is 2.75. The van der Waals surface area contributed by atoms with E-state index in [1.807, 2.05) is 12.1 Å². The molecule has 144 valence electrons. The van der Waals surface area contributed by atoms with Crippen LogP contribution in [0, 0.1) is 10.1 Å². The van der Waals surface area contributed by atoms with Crippen LogP contribution in [-0.2, 0) is 14.8 Å². The van der Waals surface area contributed by atoms with Gasteiger partial charge >= 0.3 is 0 Å². The van der Waals surface area contributed by atoms with E-state index in [4.69, 9.17) is 9.47 Å². The van der Waals surface area contributed by atoms with E-state index in [0.717, 1.165) is 11.6 Å². The lowest BCUT2D eigenvalue weighted by molar-refractivity contribution is -0.385. The quantitative estimate of drug-likeness (QED) is 0.573. The Morgan fingerprint density at radius 3 is 2.56 bits per heavy atom. The molecule has 9 heteroatoms. The van der Waals surface area contributed by atoms with Gasteiger partial charge in [0.05, 0.1) is 29.6 Å². The summed E-state index contributed by atoms with van der Waals surface area (Å²) in [6.07, 6.45) is -0.430. The van der Waals surface area contributed by atoms with Crippen molar-refractivity contribution in [1.29, 1.82) is 0 Å². The van der Waals surface area contributed by atoms with Crippen LogP contribution in [0.1, 0.15) is 18.6 Å². The minimum absolute atomic E-state index is 0.0982. The Bertz CT molecular complexity index is 929. The highest BCUT2D eigenvalue weighted by atomic mass is 32.2. The predicted molar refractivity (Wildman–Crippen MR) is 98.1 cm³/mol. The minimum Gasteiger partial charge on any atom is -0.497 e. The third kappa shape index (κ3) is 3.95. The molecule has 1 aliphatic rings. The lowest BCUT2D eigenvalue weighted by atomic mass is 10.1. The molecule has 2 aromatic rings. The summed E-state index contributed by atoms with van der Waals surface area (Å²) in [5.74, 6) is 0.698. The lowest BCUT2D eigenvalue weighted by Gasteiger charge is -2.37. The van der Waals surface area contributed by atoms with Crippen molar-refractivity contribution in [3.8, 4) is 5.75 Å². The number of methoxy groups -OCH3 is 1. The number of rotatable bonds is 5. The number of nitro groups is 1. The first-order valence-electron chi connectivity index (χ1n) is 8.35. The number of ether oxygens (including phenoxy) is 2. The first-order chi connectivity index (χ1) is 12.8. The zero-order chi connectivity index (χ0) is 19.6. The first-order valence-corrected chi connectivity index (χ1v) is 9.79. The summed E-state index contributed by atoms with van der Waals surface area (Å²) in [4.78, 5) is 10.3. The monoisotopic (exact) mass is 392 g/mol. The van der Waals surface area contributed by atoms with Crippen molar-refractivity contribution in [3.05, 3.63) is 64.2 Å². The molecule has 0 saturated carbocycles. The Hall–Kier alpha value is -2.49. The van der Waals surface area contributed by atoms with E-state index in [1.165, 1.54) is 22.5 Å². The van der Waals surface area contributed by atoms with Crippen LogP contribution in [0.25, 0.3) is 0 Å². The zero-order valence-corrected chi connectivity index (χ0v) is 15.8. The summed E-state index contributed by atoms with van der Waals surface area (Å²) in [5.41, 5.74) is 0.575. The van der Waals surface area contributed by atoms with Crippen LogP contribution < -0.4 is 4.74 Å². The average molecular weight is 392 g/mol. The zero-order valence-electron chi connectivity index (χ0n) is 14.9. The molecule has 0 amide bonds. The maximum absolute atomic E-state index is 13.1. The molecule has 2 unspecified atom stereocenters. The fraction of sp³-hybridized carbons (Fsp3) is 0.333. The summed E-state index contributed by atoms with van der Waals surface area (Å²) >= 11 is 0. The van der Waals surface area contributed by atoms with Crippen LogP contribution in [0.2, 0.25) is 0 Å². The normalized spacial score (nSPS) is 21.0. The molecule has 1 fully saturated rings. The molecule has 2 aromatic carbocycles. The molecule has 0 bridgehead atoms. The summed E-state index contributed by atoms with van der Waals surface area (Å²) in [5, 5.41) is 11.0. The third-order valence-electron chi connectivity index (χ3n) is 4.50. The molecular formula is C18H20N2O6S. The number of hydrogen-bond donors (Lipinski definition) is 0. The highest BCUT2D eigenvalue weighted by molar-refractivity contribution is 7.89. The van der Waals surface area contributed by atoms with Gasteiger partial charge in [0.1, 0.15) is 5.75 Å². The van der Waals surface area contributed by atoms with Crippen molar-refractivity contribution in [2.24, 2.45) is 0 Å². The Morgan fingerprint density at radius 1 is 1.22 bits per heavy atom. The van der Waals surface area contributed by atoms with Crippen LogP contribution in [0.4, 0.5) is 5.69 Å². The molecule has 27 heavy (non-hydrogen) atoms. The fourth-order valence-electron chi connectivity index (χ4n) is 2.98. The van der Waals surface area contributed by atoms with Crippen molar-refractivity contribution < 1.29 is 22.8 Å². The van der Waals surface area contributed by atoms with Gasteiger partial charge in [-0.1, -0.05) is 18.2 Å². The van der Waals surface area contributed by atoms with Gasteiger partial charge in [-0.3, -0.25) is 10.1 Å². The Morgan fingerprint density at radius 2 is 1.93 bits per heavy atom. The van der Waals surface area contributed by atoms with Gasteiger partial charge in [0, 0.05) is 24.7 Å². The topological polar surface area (TPSA) is 99.0 Å². The van der Waals surface area contributed by atoms with Crippen molar-refractivity contribution in [2.75, 3.05) is 20.3 Å². The van der Waals surface area contributed by atoms with E-state index < -0.39 is 21.1 Å². The van der Waals surface area contributed by atoms with E-state index in [-0.39, 0.29) is 29.8 Å². The van der Waals surface area contributed by atoms with Gasteiger partial charge in [-0.2, -0.15) is 4.31 Å². The smallest absolute Gasteiger partial charge is 0.270 e. The highest BCUT2D eigenvalue weighted by Gasteiger charge is 2.36. The number of nitrogens with zero attached hydrogens (tertiary/aromatic N) is 2. The van der Waals surface area contributed by atoms with Gasteiger partial charge in [-0.05, 0) is 30.7 Å². The number of benzene rings is 2. The van der Waals surface area contributed by atoms with E-state index >= 15 is 0 Å². The van der Waals surface area contributed by atoms with E-state index in [9.17, 15) is 18.5 Å². The van der Waals surface area contributed by atoms with E-state index in [0.29, 0.717) is 5.75 Å². The second-order valence-electron chi connectivity index (χ2n) is 6.27. The Balaban J connectivity index is 1.89. The molecule has 0 N–H and O–H groups in total. The van der Waals surface area contributed by atoms with Gasteiger partial charge < -0.3 is 9.47 Å². The summed E-state index contributed by atoms with van der Waals surface area (Å²) in [6, 6.07) is 11.9. The molecule has 0 radical (unpaired) electrons. The van der Waals surface area contributed by atoms with E-state index in [1.54, 1.807) is 26.2 Å². The molecular weight excluding hydrogens is 372 g/mol. The summed E-state index contributed by atoms with van der Waals surface area (Å²) < 4.78 is 38.4. The van der Waals surface area contributed by atoms with E-state index in [2.05, 4.69) is 0 Å². The number of non-ortho nitro benzene ring substituents is 1. The molecule has 8 nitrogen and oxygen atoms in total. The molecule has 0 aliphatic carbocycles. The average Bonchev–Trinajstić information content (AvgIpc) is 2.68. The summed E-state index contributed by atoms with van der Waals surface area (Å²) in [7, 11) is -2.33. The van der Waals surface area contributed by atoms with Crippen LogP contribution in [-0.4, -0.2) is 43.9 Å². The molecule has 1 aliphatic heterocycles. The van der Waals surface area contributed by atoms with Gasteiger partial charge in [-0.25, -0.2) is 8.42 Å². The highest BCUT2D eigenvalue weighted by Crippen LogP contribution is 2.31. The molecule has 2 atom stereocenters. The Labute approximate surface area is 157 Å². The maximum atomic E-state index is 13.1. The van der Waals surface area contributed by atoms with Crippen LogP contribution in [0.5, 0.6) is 5.75 Å². The molecule has 1 heterocycles. The van der Waals surface area contributed by atoms with Crippen LogP contribution >= 0.6 is 0 Å². The van der Waals surface area contributed by atoms with Crippen molar-refractivity contribution in [2.45, 2.75) is 24.0 Å². The molecule has 0 spiro atoms. The first kappa shape index (κ1) is 19.3. The van der Waals surface area contributed by atoms with Crippen molar-refractivity contribution in [3.63, 3.8) is 0 Å². The maximum Gasteiger partial charge on any atom is 0.270 e. The van der Waals surface area contributed by atoms with Crippen molar-refractivity contribution in [1.82, 2.24) is 4.31 Å². The standard InChI is InChI=1S/C18H20N2O6S/c1-13-12-26-18(14-6-8-16(25-2)9-7-14)11-19(13)27(23,24)17-5-3-4-15(10-17)20(21)22/h3-10,13,18H,11-12H2,1-2H3. The van der Waals surface area contributed by atoms with Crippen molar-refractivity contribution >= 4 is 15.7 Å². The van der Waals surface area contributed by atoms with Crippen LogP contribution in [0.15, 0.2) is 53.4 Å². The summed E-state index contributed by atoms with van der Waals surface area (Å²) in [6.45, 7) is 2.10. The number of hydrogen-bond acceptors (Lipinski definition) is 6. The number of sulfonamides is 1. The van der Waals surface area contributed by atoms with Gasteiger partial charge in [0.2, 0.25) is 10.0 Å². The molecule has 0 aromatic heterocycles. The fourth-order valence-corrected chi connectivity index (χ4v) is 4.64. The third-order valence-corrected chi connectivity index (χ3v) is 6.47. The molecule has 3 rings (SSSR count). The van der Waals surface area contributed by atoms with Gasteiger partial charge in [0.25, 0.3) is 5.69 Å². The van der Waals surface area contributed by atoms with Gasteiger partial charge in [-0.15, -0.1) is 0 Å². The van der Waals surface area contributed by atoms with Gasteiger partial charge in [0.15, 0.2) is 0 Å². The largest absolute Gasteiger partial charge is 0.497 e. The second kappa shape index (κ2) is 7.63. The number of morpholine rings is 1. The SMILES string of the molecule is COc1ccc(C2CN(S(=O)(=O)c3cccc([N+](=O)[O-])c3)C(C)CO2)cc1. The van der Waals surface area contributed by atoms with Crippen LogP contribution in [0.3, 0.4) is 0 Å². The molecule has 1 saturated heterocycles. The minimum atomic E-state index is -3.90. The number of nitro benzene ring substituents is 1.